The van der Waals surface area contributed by atoms with Crippen LogP contribution in [0.5, 0.6) is 0 Å². The Kier molecular flexibility index (Phi) is 7.47. The number of H-pyrrole nitrogens is 1. The van der Waals surface area contributed by atoms with Gasteiger partial charge in [0.05, 0.1) is 30.0 Å². The number of hydrogen-bond acceptors (Lipinski definition) is 6. The SMILES string of the molecule is COC(=O)NCC(C)CC(=O)N1CCCC1c1nc(-c2ccc(B3OC(C)(C)C(C)(C)O3)cc2)c[nH]1. The van der Waals surface area contributed by atoms with Gasteiger partial charge in [-0.15, -0.1) is 0 Å². The Bertz CT molecular complexity index is 1070. The summed E-state index contributed by atoms with van der Waals surface area (Å²) in [6.07, 6.45) is 3.57. The molecule has 3 heterocycles. The van der Waals surface area contributed by atoms with Crippen LogP contribution in [0, 0.1) is 5.92 Å². The average molecular weight is 496 g/mol. The van der Waals surface area contributed by atoms with Gasteiger partial charge >= 0.3 is 13.2 Å². The third kappa shape index (κ3) is 5.44. The molecule has 0 bridgehead atoms. The van der Waals surface area contributed by atoms with Gasteiger partial charge in [0.1, 0.15) is 5.82 Å². The predicted octanol–water partition coefficient (Wildman–Crippen LogP) is 3.42. The number of carbonyl (C=O) groups excluding carboxylic acids is 2. The zero-order valence-electron chi connectivity index (χ0n) is 22.1. The number of aromatic nitrogens is 2. The van der Waals surface area contributed by atoms with Crippen molar-refractivity contribution in [2.45, 2.75) is 71.1 Å². The second-order valence-corrected chi connectivity index (χ2v) is 10.8. The van der Waals surface area contributed by atoms with Crippen LogP contribution in [0.2, 0.25) is 0 Å². The summed E-state index contributed by atoms with van der Waals surface area (Å²) in [7, 11) is 0.924. The molecule has 9 nitrogen and oxygen atoms in total. The fourth-order valence-electron chi connectivity index (χ4n) is 4.61. The van der Waals surface area contributed by atoms with Gasteiger partial charge in [0.15, 0.2) is 0 Å². The Morgan fingerprint density at radius 3 is 2.53 bits per heavy atom. The topological polar surface area (TPSA) is 106 Å². The highest BCUT2D eigenvalue weighted by Gasteiger charge is 2.51. The Hall–Kier alpha value is -2.85. The van der Waals surface area contributed by atoms with Gasteiger partial charge in [-0.2, -0.15) is 0 Å². The third-order valence-corrected chi connectivity index (χ3v) is 7.52. The first-order valence-corrected chi connectivity index (χ1v) is 12.6. The number of benzene rings is 1. The van der Waals surface area contributed by atoms with Gasteiger partial charge in [0, 0.05) is 31.3 Å². The standard InChI is InChI=1S/C26H37BN4O5/c1-17(15-29-24(33)34-6)14-22(32)31-13-7-8-21(31)23-28-16-20(30-23)18-9-11-19(12-10-18)27-35-25(2,3)26(4,5)36-27/h9-12,16-17,21H,7-8,13-15H2,1-6H3,(H,28,30)(H,29,33). The summed E-state index contributed by atoms with van der Waals surface area (Å²) >= 11 is 0. The van der Waals surface area contributed by atoms with Crippen LogP contribution in [0.3, 0.4) is 0 Å². The fraction of sp³-hybridized carbons (Fsp3) is 0.577. The van der Waals surface area contributed by atoms with E-state index in [9.17, 15) is 9.59 Å². The van der Waals surface area contributed by atoms with E-state index in [1.807, 2.05) is 70.0 Å². The molecular weight excluding hydrogens is 459 g/mol. The summed E-state index contributed by atoms with van der Waals surface area (Å²) in [4.78, 5) is 34.3. The molecule has 10 heteroatoms. The van der Waals surface area contributed by atoms with Gasteiger partial charge in [-0.05, 0) is 51.9 Å². The van der Waals surface area contributed by atoms with Gasteiger partial charge in [-0.25, -0.2) is 9.78 Å². The number of alkyl carbamates (subject to hydrolysis) is 1. The van der Waals surface area contributed by atoms with Crippen molar-refractivity contribution in [1.82, 2.24) is 20.2 Å². The number of imidazole rings is 1. The number of methoxy groups -OCH3 is 1. The zero-order valence-corrected chi connectivity index (χ0v) is 22.1. The van der Waals surface area contributed by atoms with Crippen LogP contribution in [0.1, 0.15) is 65.7 Å². The number of aromatic amines is 1. The Morgan fingerprint density at radius 2 is 1.89 bits per heavy atom. The van der Waals surface area contributed by atoms with Crippen molar-refractivity contribution in [3.8, 4) is 11.3 Å². The van der Waals surface area contributed by atoms with Gasteiger partial charge in [0.2, 0.25) is 5.91 Å². The Labute approximate surface area is 213 Å². The summed E-state index contributed by atoms with van der Waals surface area (Å²) in [5.41, 5.74) is 2.02. The van der Waals surface area contributed by atoms with Crippen LogP contribution in [-0.2, 0) is 18.8 Å². The molecule has 36 heavy (non-hydrogen) atoms. The molecule has 0 aliphatic carbocycles. The minimum atomic E-state index is -0.486. The highest BCUT2D eigenvalue weighted by Crippen LogP contribution is 2.37. The lowest BCUT2D eigenvalue weighted by Gasteiger charge is -2.32. The van der Waals surface area contributed by atoms with Crippen molar-refractivity contribution in [2.75, 3.05) is 20.2 Å². The summed E-state index contributed by atoms with van der Waals surface area (Å²) in [6, 6.07) is 8.00. The third-order valence-electron chi connectivity index (χ3n) is 7.52. The number of nitrogens with one attached hydrogen (secondary N) is 2. The number of ether oxygens (including phenoxy) is 1. The molecule has 194 valence electrons. The van der Waals surface area contributed by atoms with Crippen LogP contribution in [0.4, 0.5) is 4.79 Å². The summed E-state index contributed by atoms with van der Waals surface area (Å²) in [5.74, 6) is 0.875. The van der Waals surface area contributed by atoms with Crippen LogP contribution < -0.4 is 10.8 Å². The molecule has 1 aromatic heterocycles. The minimum absolute atomic E-state index is 0.00695. The second-order valence-electron chi connectivity index (χ2n) is 10.8. The first kappa shape index (κ1) is 26.2. The number of likely N-dealkylation sites (tertiary alicyclic amines) is 1. The highest BCUT2D eigenvalue weighted by atomic mass is 16.7. The number of amides is 2. The summed E-state index contributed by atoms with van der Waals surface area (Å²) < 4.78 is 16.9. The largest absolute Gasteiger partial charge is 0.494 e. The molecule has 4 rings (SSSR count). The van der Waals surface area contributed by atoms with E-state index in [1.54, 1.807) is 0 Å². The smallest absolute Gasteiger partial charge is 0.453 e. The van der Waals surface area contributed by atoms with Gasteiger partial charge in [-0.3, -0.25) is 4.79 Å². The van der Waals surface area contributed by atoms with Gasteiger partial charge in [-0.1, -0.05) is 31.2 Å². The van der Waals surface area contributed by atoms with Crippen molar-refractivity contribution in [3.63, 3.8) is 0 Å². The monoisotopic (exact) mass is 496 g/mol. The average Bonchev–Trinajstić information content (AvgIpc) is 3.55. The van der Waals surface area contributed by atoms with Crippen molar-refractivity contribution < 1.29 is 23.6 Å². The molecule has 2 unspecified atom stereocenters. The lowest BCUT2D eigenvalue weighted by molar-refractivity contribution is -0.133. The van der Waals surface area contributed by atoms with E-state index in [1.165, 1.54) is 7.11 Å². The molecule has 2 atom stereocenters. The quantitative estimate of drug-likeness (QED) is 0.570. The maximum absolute atomic E-state index is 13.0. The lowest BCUT2D eigenvalue weighted by atomic mass is 9.79. The van der Waals surface area contributed by atoms with Crippen LogP contribution in [0.15, 0.2) is 30.5 Å². The molecule has 2 aliphatic rings. The van der Waals surface area contributed by atoms with Crippen molar-refractivity contribution in [2.24, 2.45) is 5.92 Å². The molecule has 2 fully saturated rings. The molecular formula is C26H37BN4O5. The maximum Gasteiger partial charge on any atom is 0.494 e. The van der Waals surface area contributed by atoms with Crippen LogP contribution in [0.25, 0.3) is 11.3 Å². The first-order chi connectivity index (χ1) is 17.0. The van der Waals surface area contributed by atoms with Crippen LogP contribution >= 0.6 is 0 Å². The maximum atomic E-state index is 13.0. The Balaban J connectivity index is 1.39. The second kappa shape index (κ2) is 10.3. The van der Waals surface area contributed by atoms with Crippen molar-refractivity contribution >= 4 is 24.6 Å². The molecule has 1 aromatic carbocycles. The van der Waals surface area contributed by atoms with E-state index in [0.29, 0.717) is 19.5 Å². The van der Waals surface area contributed by atoms with Crippen LogP contribution in [-0.4, -0.2) is 65.4 Å². The van der Waals surface area contributed by atoms with E-state index in [0.717, 1.165) is 35.4 Å². The number of nitrogens with zero attached hydrogens (tertiary/aromatic N) is 2. The lowest BCUT2D eigenvalue weighted by Crippen LogP contribution is -2.41. The molecule has 2 aromatic rings. The highest BCUT2D eigenvalue weighted by molar-refractivity contribution is 6.62. The minimum Gasteiger partial charge on any atom is -0.453 e. The van der Waals surface area contributed by atoms with Gasteiger partial charge < -0.3 is 29.2 Å². The van der Waals surface area contributed by atoms with Gasteiger partial charge in [0.25, 0.3) is 0 Å². The molecule has 0 saturated carbocycles. The van der Waals surface area contributed by atoms with Crippen molar-refractivity contribution in [1.29, 1.82) is 0 Å². The number of carbonyl (C=O) groups is 2. The van der Waals surface area contributed by atoms with E-state index in [4.69, 9.17) is 14.3 Å². The van der Waals surface area contributed by atoms with E-state index in [2.05, 4.69) is 15.0 Å². The van der Waals surface area contributed by atoms with Crippen molar-refractivity contribution in [3.05, 3.63) is 36.3 Å². The Morgan fingerprint density at radius 1 is 1.22 bits per heavy atom. The van der Waals surface area contributed by atoms with E-state index < -0.39 is 13.2 Å². The molecule has 2 aliphatic heterocycles. The normalized spacial score (nSPS) is 21.4. The summed E-state index contributed by atoms with van der Waals surface area (Å²) in [6.45, 7) is 11.2. The molecule has 0 spiro atoms. The van der Waals surface area contributed by atoms with E-state index >= 15 is 0 Å². The number of rotatable bonds is 7. The van der Waals surface area contributed by atoms with E-state index in [-0.39, 0.29) is 29.1 Å². The number of hydrogen-bond donors (Lipinski definition) is 2. The predicted molar refractivity (Wildman–Crippen MR) is 138 cm³/mol. The summed E-state index contributed by atoms with van der Waals surface area (Å²) in [5, 5.41) is 2.66. The fourth-order valence-corrected chi connectivity index (χ4v) is 4.61. The zero-order chi connectivity index (χ0) is 26.1. The molecule has 2 saturated heterocycles. The molecule has 0 radical (unpaired) electrons. The first-order valence-electron chi connectivity index (χ1n) is 12.6. The molecule has 2 amide bonds. The molecule has 2 N–H and O–H groups in total.